The lowest BCUT2D eigenvalue weighted by atomic mass is 10.0. The molecule has 0 amide bonds. The molecule has 0 radical (unpaired) electrons. The van der Waals surface area contributed by atoms with E-state index in [2.05, 4.69) is 10.3 Å². The van der Waals surface area contributed by atoms with Gasteiger partial charge in [-0.1, -0.05) is 6.92 Å². The highest BCUT2D eigenvalue weighted by Gasteiger charge is 2.13. The van der Waals surface area contributed by atoms with Crippen LogP contribution in [0.15, 0.2) is 12.3 Å². The minimum Gasteiger partial charge on any atom is -0.365 e. The summed E-state index contributed by atoms with van der Waals surface area (Å²) in [5, 5.41) is 2.86. The number of nitrogens with two attached hydrogens (primary N) is 1. The smallest absolute Gasteiger partial charge is 0.168 e. The molecule has 0 aliphatic rings. The number of anilines is 1. The number of nitrogens with zero attached hydrogens (tertiary/aromatic N) is 1. The Morgan fingerprint density at radius 2 is 2.13 bits per heavy atom. The zero-order valence-corrected chi connectivity index (χ0v) is 8.80. The zero-order valence-electron chi connectivity index (χ0n) is 8.80. The largest absolute Gasteiger partial charge is 0.365 e. The van der Waals surface area contributed by atoms with Crippen molar-refractivity contribution in [1.29, 1.82) is 0 Å². The van der Waals surface area contributed by atoms with Gasteiger partial charge < -0.3 is 11.1 Å². The Hall–Kier alpha value is -1.23. The van der Waals surface area contributed by atoms with Crippen molar-refractivity contribution in [3.8, 4) is 0 Å². The highest BCUT2D eigenvalue weighted by molar-refractivity contribution is 5.36. The summed E-state index contributed by atoms with van der Waals surface area (Å²) in [6, 6.07) is 0.789. The molecule has 1 heterocycles. The maximum Gasteiger partial charge on any atom is 0.168 e. The number of nitrogens with one attached hydrogen (secondary N) is 1. The molecule has 3 nitrogen and oxygen atoms in total. The number of hydrogen-bond donors (Lipinski definition) is 2. The van der Waals surface area contributed by atoms with E-state index in [1.807, 2.05) is 13.8 Å². The first-order valence-corrected chi connectivity index (χ1v) is 4.82. The van der Waals surface area contributed by atoms with E-state index < -0.39 is 11.6 Å². The average Bonchev–Trinajstić information content (AvgIpc) is 2.20. The molecule has 0 saturated carbocycles. The number of pyridine rings is 1. The lowest BCUT2D eigenvalue weighted by Crippen LogP contribution is -2.30. The number of halogens is 2. The van der Waals surface area contributed by atoms with Crippen LogP contribution in [0.1, 0.15) is 13.8 Å². The number of rotatable bonds is 4. The van der Waals surface area contributed by atoms with Crippen LogP contribution in [0, 0.1) is 17.6 Å². The molecule has 0 bridgehead atoms. The maximum absolute atomic E-state index is 13.2. The standard InChI is InChI=1S/C10H15F2N3/c1-6(4-13)7(2)15-10-9(12)3-8(11)5-14-10/h3,5-7H,4,13H2,1-2H3,(H,14,15). The molecule has 0 aromatic carbocycles. The van der Waals surface area contributed by atoms with Crippen LogP contribution >= 0.6 is 0 Å². The topological polar surface area (TPSA) is 50.9 Å². The van der Waals surface area contributed by atoms with E-state index >= 15 is 0 Å². The molecule has 15 heavy (non-hydrogen) atoms. The van der Waals surface area contributed by atoms with Gasteiger partial charge in [-0.2, -0.15) is 0 Å². The van der Waals surface area contributed by atoms with Crippen LogP contribution in [0.4, 0.5) is 14.6 Å². The molecular formula is C10H15F2N3. The van der Waals surface area contributed by atoms with E-state index in [1.165, 1.54) is 0 Å². The fourth-order valence-corrected chi connectivity index (χ4v) is 1.08. The molecule has 0 saturated heterocycles. The van der Waals surface area contributed by atoms with Gasteiger partial charge in [0.1, 0.15) is 5.82 Å². The Kier molecular flexibility index (Phi) is 3.96. The second kappa shape index (κ2) is 5.02. The van der Waals surface area contributed by atoms with Gasteiger partial charge in [-0.05, 0) is 19.4 Å². The minimum absolute atomic E-state index is 0.0116. The summed E-state index contributed by atoms with van der Waals surface area (Å²) in [5.74, 6) is -1.12. The Balaban J connectivity index is 2.72. The van der Waals surface area contributed by atoms with Crippen molar-refractivity contribution in [1.82, 2.24) is 4.98 Å². The van der Waals surface area contributed by atoms with Crippen LogP contribution in [0.2, 0.25) is 0 Å². The molecule has 2 unspecified atom stereocenters. The van der Waals surface area contributed by atoms with Crippen molar-refractivity contribution in [2.45, 2.75) is 19.9 Å². The van der Waals surface area contributed by atoms with Crippen molar-refractivity contribution < 1.29 is 8.78 Å². The van der Waals surface area contributed by atoms with E-state index in [0.717, 1.165) is 12.3 Å². The molecule has 1 rings (SSSR count). The van der Waals surface area contributed by atoms with Crippen LogP contribution in [0.5, 0.6) is 0 Å². The van der Waals surface area contributed by atoms with E-state index in [1.54, 1.807) is 0 Å². The number of aromatic nitrogens is 1. The van der Waals surface area contributed by atoms with Gasteiger partial charge in [-0.25, -0.2) is 13.8 Å². The average molecular weight is 215 g/mol. The maximum atomic E-state index is 13.2. The quantitative estimate of drug-likeness (QED) is 0.804. The predicted molar refractivity (Wildman–Crippen MR) is 55.5 cm³/mol. The Bertz CT molecular complexity index is 330. The van der Waals surface area contributed by atoms with Gasteiger partial charge in [0.05, 0.1) is 6.20 Å². The van der Waals surface area contributed by atoms with Gasteiger partial charge in [0, 0.05) is 12.1 Å². The zero-order chi connectivity index (χ0) is 11.4. The van der Waals surface area contributed by atoms with Gasteiger partial charge in [0.15, 0.2) is 11.6 Å². The van der Waals surface area contributed by atoms with E-state index in [9.17, 15) is 8.78 Å². The molecule has 1 aromatic rings. The summed E-state index contributed by atoms with van der Waals surface area (Å²) in [6.45, 7) is 4.32. The first-order valence-electron chi connectivity index (χ1n) is 4.82. The molecule has 3 N–H and O–H groups in total. The fraction of sp³-hybridized carbons (Fsp3) is 0.500. The van der Waals surface area contributed by atoms with Crippen LogP contribution in [0.25, 0.3) is 0 Å². The first kappa shape index (κ1) is 11.8. The van der Waals surface area contributed by atoms with Crippen molar-refractivity contribution in [3.05, 3.63) is 23.9 Å². The summed E-state index contributed by atoms with van der Waals surface area (Å²) in [7, 11) is 0. The van der Waals surface area contributed by atoms with Gasteiger partial charge in [-0.15, -0.1) is 0 Å². The predicted octanol–water partition coefficient (Wildman–Crippen LogP) is 1.75. The summed E-state index contributed by atoms with van der Waals surface area (Å²) in [6.07, 6.45) is 0.977. The molecule has 84 valence electrons. The molecule has 2 atom stereocenters. The Morgan fingerprint density at radius 3 is 2.67 bits per heavy atom. The van der Waals surface area contributed by atoms with Gasteiger partial charge >= 0.3 is 0 Å². The van der Waals surface area contributed by atoms with Crippen LogP contribution in [-0.2, 0) is 0 Å². The molecule has 5 heteroatoms. The summed E-state index contributed by atoms with van der Waals surface area (Å²) in [4.78, 5) is 3.63. The third-order valence-corrected chi connectivity index (χ3v) is 2.40. The van der Waals surface area contributed by atoms with Gasteiger partial charge in [0.2, 0.25) is 0 Å². The van der Waals surface area contributed by atoms with Crippen molar-refractivity contribution in [2.75, 3.05) is 11.9 Å². The summed E-state index contributed by atoms with van der Waals surface area (Å²) < 4.78 is 25.7. The van der Waals surface area contributed by atoms with Crippen LogP contribution in [0.3, 0.4) is 0 Å². The second-order valence-electron chi connectivity index (χ2n) is 3.63. The Labute approximate surface area is 87.7 Å². The molecular weight excluding hydrogens is 200 g/mol. The monoisotopic (exact) mass is 215 g/mol. The summed E-state index contributed by atoms with van der Waals surface area (Å²) in [5.41, 5.74) is 5.47. The number of hydrogen-bond acceptors (Lipinski definition) is 3. The van der Waals surface area contributed by atoms with Crippen molar-refractivity contribution in [2.24, 2.45) is 11.7 Å². The van der Waals surface area contributed by atoms with Crippen LogP contribution in [-0.4, -0.2) is 17.6 Å². The first-order chi connectivity index (χ1) is 7.04. The van der Waals surface area contributed by atoms with Gasteiger partial charge in [-0.3, -0.25) is 0 Å². The summed E-state index contributed by atoms with van der Waals surface area (Å²) >= 11 is 0. The Morgan fingerprint density at radius 1 is 1.47 bits per heavy atom. The van der Waals surface area contributed by atoms with E-state index in [4.69, 9.17) is 5.73 Å². The highest BCUT2D eigenvalue weighted by Crippen LogP contribution is 2.14. The van der Waals surface area contributed by atoms with E-state index in [-0.39, 0.29) is 17.8 Å². The van der Waals surface area contributed by atoms with Gasteiger partial charge in [0.25, 0.3) is 0 Å². The minimum atomic E-state index is -0.689. The SMILES string of the molecule is CC(CN)C(C)Nc1ncc(F)cc1F. The molecule has 0 spiro atoms. The van der Waals surface area contributed by atoms with E-state index in [0.29, 0.717) is 6.54 Å². The third-order valence-electron chi connectivity index (χ3n) is 2.40. The normalized spacial score (nSPS) is 14.7. The molecule has 0 aliphatic carbocycles. The lowest BCUT2D eigenvalue weighted by molar-refractivity contribution is 0.512. The van der Waals surface area contributed by atoms with Crippen molar-refractivity contribution in [3.63, 3.8) is 0 Å². The van der Waals surface area contributed by atoms with Crippen LogP contribution < -0.4 is 11.1 Å². The molecule has 1 aromatic heterocycles. The third kappa shape index (κ3) is 3.13. The van der Waals surface area contributed by atoms with Crippen molar-refractivity contribution >= 4 is 5.82 Å². The molecule has 0 fully saturated rings. The highest BCUT2D eigenvalue weighted by atomic mass is 19.1. The fourth-order valence-electron chi connectivity index (χ4n) is 1.08. The molecule has 0 aliphatic heterocycles. The second-order valence-corrected chi connectivity index (χ2v) is 3.63. The lowest BCUT2D eigenvalue weighted by Gasteiger charge is -2.20.